The van der Waals surface area contributed by atoms with Crippen LogP contribution in [-0.4, -0.2) is 12.0 Å². The topological polar surface area (TPSA) is 46.2 Å². The Morgan fingerprint density at radius 2 is 1.76 bits per heavy atom. The van der Waals surface area contributed by atoms with Crippen LogP contribution >= 0.6 is 0 Å². The van der Waals surface area contributed by atoms with E-state index in [1.807, 2.05) is 43.4 Å². The molecule has 0 fully saturated rings. The van der Waals surface area contributed by atoms with E-state index in [-0.39, 0.29) is 5.41 Å². The molecule has 0 amide bonds. The van der Waals surface area contributed by atoms with Gasteiger partial charge in [-0.1, -0.05) is 33.9 Å². The minimum atomic E-state index is 0.212. The number of allylic oxidation sites excluding steroid dienone is 1. The number of hydrogen-bond acceptors (Lipinski definition) is 4. The van der Waals surface area contributed by atoms with Gasteiger partial charge in [-0.2, -0.15) is 0 Å². The first-order chi connectivity index (χ1) is 11.8. The highest BCUT2D eigenvalue weighted by molar-refractivity contribution is 5.59. The second-order valence-corrected chi connectivity index (χ2v) is 7.20. The van der Waals surface area contributed by atoms with Crippen molar-refractivity contribution in [3.63, 3.8) is 0 Å². The van der Waals surface area contributed by atoms with E-state index in [1.54, 1.807) is 6.20 Å². The normalized spacial score (nSPS) is 10.9. The molecule has 4 heteroatoms. The maximum atomic E-state index is 5.90. The second kappa shape index (κ2) is 7.88. The van der Waals surface area contributed by atoms with Crippen LogP contribution in [0.2, 0.25) is 0 Å². The number of nitrogens with zero attached hydrogens (tertiary/aromatic N) is 1. The van der Waals surface area contributed by atoms with Gasteiger partial charge in [0.15, 0.2) is 0 Å². The van der Waals surface area contributed by atoms with Crippen LogP contribution < -0.4 is 15.4 Å². The number of nitrogens with one attached hydrogen (secondary N) is 2. The molecule has 0 unspecified atom stereocenters. The van der Waals surface area contributed by atoms with E-state index in [0.29, 0.717) is 0 Å². The van der Waals surface area contributed by atoms with Crippen molar-refractivity contribution in [1.82, 2.24) is 10.3 Å². The van der Waals surface area contributed by atoms with Gasteiger partial charge in [-0.3, -0.25) is 4.98 Å². The van der Waals surface area contributed by atoms with Crippen LogP contribution in [0.1, 0.15) is 32.9 Å². The Morgan fingerprint density at radius 3 is 2.36 bits per heavy atom. The molecule has 2 rings (SSSR count). The Labute approximate surface area is 150 Å². The lowest BCUT2D eigenvalue weighted by Crippen LogP contribution is -2.10. The minimum Gasteiger partial charge on any atom is -0.457 e. The van der Waals surface area contributed by atoms with Crippen molar-refractivity contribution >= 4 is 11.4 Å². The van der Waals surface area contributed by atoms with E-state index >= 15 is 0 Å². The van der Waals surface area contributed by atoms with Gasteiger partial charge in [0.2, 0.25) is 0 Å². The van der Waals surface area contributed by atoms with E-state index in [1.165, 1.54) is 0 Å². The van der Waals surface area contributed by atoms with Gasteiger partial charge in [0.1, 0.15) is 11.5 Å². The Balaban J connectivity index is 2.01. The molecule has 0 aliphatic carbocycles. The zero-order valence-electron chi connectivity index (χ0n) is 15.5. The van der Waals surface area contributed by atoms with Crippen LogP contribution in [0.25, 0.3) is 5.70 Å². The van der Waals surface area contributed by atoms with E-state index < -0.39 is 0 Å². The smallest absolute Gasteiger partial charge is 0.131 e. The van der Waals surface area contributed by atoms with Gasteiger partial charge < -0.3 is 15.4 Å². The van der Waals surface area contributed by atoms with Crippen LogP contribution in [0.15, 0.2) is 61.4 Å². The van der Waals surface area contributed by atoms with Crippen LogP contribution in [-0.2, 0) is 0 Å². The van der Waals surface area contributed by atoms with Gasteiger partial charge in [-0.15, -0.1) is 0 Å². The molecule has 1 heterocycles. The zero-order valence-corrected chi connectivity index (χ0v) is 15.5. The lowest BCUT2D eigenvalue weighted by molar-refractivity contribution is 0.411. The number of rotatable bonds is 7. The number of aromatic nitrogens is 1. The van der Waals surface area contributed by atoms with Crippen molar-refractivity contribution in [2.75, 3.05) is 12.4 Å². The number of benzene rings is 1. The molecular weight excluding hydrogens is 310 g/mol. The van der Waals surface area contributed by atoms with Gasteiger partial charge in [0.25, 0.3) is 0 Å². The van der Waals surface area contributed by atoms with Crippen LogP contribution in [0.5, 0.6) is 11.5 Å². The van der Waals surface area contributed by atoms with Crippen molar-refractivity contribution in [1.29, 1.82) is 0 Å². The second-order valence-electron chi connectivity index (χ2n) is 7.20. The molecule has 2 N–H and O–H groups in total. The number of anilines is 1. The third kappa shape index (κ3) is 5.99. The monoisotopic (exact) mass is 337 g/mol. The van der Waals surface area contributed by atoms with Crippen LogP contribution in [0.3, 0.4) is 0 Å². The summed E-state index contributed by atoms with van der Waals surface area (Å²) in [5, 5.41) is 6.33. The van der Waals surface area contributed by atoms with Gasteiger partial charge in [0, 0.05) is 30.7 Å². The summed E-state index contributed by atoms with van der Waals surface area (Å²) in [6, 6.07) is 11.5. The zero-order chi connectivity index (χ0) is 18.4. The molecule has 132 valence electrons. The first kappa shape index (κ1) is 18.6. The summed E-state index contributed by atoms with van der Waals surface area (Å²) in [6.07, 6.45) is 2.62. The summed E-state index contributed by atoms with van der Waals surface area (Å²) in [5.41, 5.74) is 3.73. The SMILES string of the molecule is C=C(CC(C)(C)C)Nc1ccc(Oc2ccnc(C(=C)NC)c2)cc1. The van der Waals surface area contributed by atoms with Gasteiger partial charge in [0.05, 0.1) is 11.4 Å². The van der Waals surface area contributed by atoms with E-state index in [2.05, 4.69) is 49.5 Å². The highest BCUT2D eigenvalue weighted by Gasteiger charge is 2.12. The molecule has 0 aliphatic rings. The summed E-state index contributed by atoms with van der Waals surface area (Å²) in [5.74, 6) is 1.48. The molecule has 0 saturated heterocycles. The van der Waals surface area contributed by atoms with E-state index in [4.69, 9.17) is 4.74 Å². The highest BCUT2D eigenvalue weighted by atomic mass is 16.5. The molecule has 0 radical (unpaired) electrons. The van der Waals surface area contributed by atoms with Crippen molar-refractivity contribution in [2.45, 2.75) is 27.2 Å². The Hall–Kier alpha value is -2.75. The summed E-state index contributed by atoms with van der Waals surface area (Å²) >= 11 is 0. The molecule has 0 aliphatic heterocycles. The summed E-state index contributed by atoms with van der Waals surface area (Å²) < 4.78 is 5.90. The molecule has 0 atom stereocenters. The molecule has 4 nitrogen and oxygen atoms in total. The third-order valence-electron chi connectivity index (χ3n) is 3.50. The Morgan fingerprint density at radius 1 is 1.08 bits per heavy atom. The summed E-state index contributed by atoms with van der Waals surface area (Å²) in [7, 11) is 1.82. The quantitative estimate of drug-likeness (QED) is 0.707. The first-order valence-corrected chi connectivity index (χ1v) is 8.32. The molecule has 2 aromatic rings. The van der Waals surface area contributed by atoms with Gasteiger partial charge in [-0.25, -0.2) is 0 Å². The minimum absolute atomic E-state index is 0.212. The fraction of sp³-hybridized carbons (Fsp3) is 0.286. The van der Waals surface area contributed by atoms with Gasteiger partial charge in [-0.05, 0) is 42.2 Å². The standard InChI is InChI=1S/C21H27N3O/c1-15(14-21(3,4)5)24-17-7-9-18(10-8-17)25-19-11-12-23-20(13-19)16(2)22-6/h7-13,22,24H,1-2,14H2,3-6H3. The van der Waals surface area contributed by atoms with E-state index in [9.17, 15) is 0 Å². The van der Waals surface area contributed by atoms with Crippen LogP contribution in [0, 0.1) is 5.41 Å². The lowest BCUT2D eigenvalue weighted by Gasteiger charge is -2.20. The Bertz CT molecular complexity index is 742. The van der Waals surface area contributed by atoms with Crippen molar-refractivity contribution < 1.29 is 4.74 Å². The highest BCUT2D eigenvalue weighted by Crippen LogP contribution is 2.27. The molecule has 25 heavy (non-hydrogen) atoms. The van der Waals surface area contributed by atoms with Crippen LogP contribution in [0.4, 0.5) is 5.69 Å². The lowest BCUT2D eigenvalue weighted by atomic mass is 9.91. The fourth-order valence-corrected chi connectivity index (χ4v) is 2.40. The van der Waals surface area contributed by atoms with Crippen molar-refractivity contribution in [3.8, 4) is 11.5 Å². The molecular formula is C21H27N3O. The predicted molar refractivity (Wildman–Crippen MR) is 106 cm³/mol. The largest absolute Gasteiger partial charge is 0.457 e. The summed E-state index contributed by atoms with van der Waals surface area (Å²) in [4.78, 5) is 4.27. The maximum Gasteiger partial charge on any atom is 0.131 e. The molecule has 0 spiro atoms. The predicted octanol–water partition coefficient (Wildman–Crippen LogP) is 5.43. The fourth-order valence-electron chi connectivity index (χ4n) is 2.40. The summed E-state index contributed by atoms with van der Waals surface area (Å²) in [6.45, 7) is 14.6. The van der Waals surface area contributed by atoms with E-state index in [0.717, 1.165) is 40.7 Å². The molecule has 0 saturated carbocycles. The number of ether oxygens (including phenoxy) is 1. The average Bonchev–Trinajstić information content (AvgIpc) is 2.54. The Kier molecular flexibility index (Phi) is 5.86. The van der Waals surface area contributed by atoms with Crippen molar-refractivity contribution in [2.24, 2.45) is 5.41 Å². The van der Waals surface area contributed by atoms with Crippen molar-refractivity contribution in [3.05, 3.63) is 67.1 Å². The number of pyridine rings is 1. The molecule has 1 aromatic heterocycles. The average molecular weight is 337 g/mol. The number of hydrogen-bond donors (Lipinski definition) is 2. The molecule has 0 bridgehead atoms. The third-order valence-corrected chi connectivity index (χ3v) is 3.50. The first-order valence-electron chi connectivity index (χ1n) is 8.32. The molecule has 1 aromatic carbocycles. The maximum absolute atomic E-state index is 5.90. The van der Waals surface area contributed by atoms with Gasteiger partial charge >= 0.3 is 0 Å².